The van der Waals surface area contributed by atoms with Crippen molar-refractivity contribution in [3.8, 4) is 5.69 Å². The summed E-state index contributed by atoms with van der Waals surface area (Å²) in [4.78, 5) is 10.7. The lowest BCUT2D eigenvalue weighted by Gasteiger charge is -2.01. The number of carboxylic acids is 1. The summed E-state index contributed by atoms with van der Waals surface area (Å²) in [6.07, 6.45) is 3.03. The van der Waals surface area contributed by atoms with Gasteiger partial charge in [0.25, 0.3) is 0 Å². The van der Waals surface area contributed by atoms with Gasteiger partial charge in [-0.05, 0) is 18.2 Å². The first-order chi connectivity index (χ1) is 6.77. The second-order valence-electron chi connectivity index (χ2n) is 2.72. The molecule has 1 N–H and O–H groups in total. The van der Waals surface area contributed by atoms with Gasteiger partial charge in [-0.25, -0.2) is 4.79 Å². The van der Waals surface area contributed by atoms with E-state index >= 15 is 0 Å². The highest BCUT2D eigenvalue weighted by Gasteiger charge is 2.03. The molecule has 2 rings (SSSR count). The first kappa shape index (κ1) is 8.43. The number of benzene rings is 1. The van der Waals surface area contributed by atoms with E-state index in [4.69, 9.17) is 5.11 Å². The summed E-state index contributed by atoms with van der Waals surface area (Å²) < 4.78 is 1.65. The zero-order valence-corrected chi connectivity index (χ0v) is 7.16. The number of carboxylic acid groups (broad SMARTS) is 1. The topological polar surface area (TPSA) is 68.0 Å². The fourth-order valence-corrected chi connectivity index (χ4v) is 1.13. The normalized spacial score (nSPS) is 10.0. The Hall–Kier alpha value is -2.17. The molecule has 1 aromatic heterocycles. The monoisotopic (exact) mass is 189 g/mol. The molecule has 0 saturated heterocycles. The van der Waals surface area contributed by atoms with Crippen LogP contribution in [0.15, 0.2) is 36.9 Å². The zero-order chi connectivity index (χ0) is 9.97. The van der Waals surface area contributed by atoms with E-state index in [0.717, 1.165) is 5.69 Å². The Kier molecular flexibility index (Phi) is 1.98. The third kappa shape index (κ3) is 1.47. The van der Waals surface area contributed by atoms with Crippen LogP contribution in [0.1, 0.15) is 10.4 Å². The van der Waals surface area contributed by atoms with Crippen molar-refractivity contribution in [3.05, 3.63) is 42.5 Å². The lowest BCUT2D eigenvalue weighted by molar-refractivity contribution is 0.0697. The maximum absolute atomic E-state index is 10.7. The van der Waals surface area contributed by atoms with Gasteiger partial charge >= 0.3 is 5.97 Å². The SMILES string of the molecule is O=C(O)c1cccc(-n2cnnc2)c1. The quantitative estimate of drug-likeness (QED) is 0.764. The molecule has 0 aliphatic rings. The molecule has 2 aromatic rings. The number of hydrogen-bond donors (Lipinski definition) is 1. The van der Waals surface area contributed by atoms with Crippen molar-refractivity contribution in [1.82, 2.24) is 14.8 Å². The third-order valence-electron chi connectivity index (χ3n) is 1.81. The lowest BCUT2D eigenvalue weighted by Crippen LogP contribution is -1.98. The highest BCUT2D eigenvalue weighted by molar-refractivity contribution is 5.88. The van der Waals surface area contributed by atoms with Crippen molar-refractivity contribution in [3.63, 3.8) is 0 Å². The van der Waals surface area contributed by atoms with Crippen molar-refractivity contribution in [2.24, 2.45) is 0 Å². The molecular formula is C9H7N3O2. The molecule has 0 radical (unpaired) electrons. The van der Waals surface area contributed by atoms with Crippen molar-refractivity contribution in [2.75, 3.05) is 0 Å². The van der Waals surface area contributed by atoms with Gasteiger partial charge in [0.15, 0.2) is 0 Å². The second-order valence-corrected chi connectivity index (χ2v) is 2.72. The minimum absolute atomic E-state index is 0.246. The molecule has 5 heteroatoms. The van der Waals surface area contributed by atoms with Crippen LogP contribution in [0, 0.1) is 0 Å². The van der Waals surface area contributed by atoms with Gasteiger partial charge in [0, 0.05) is 5.69 Å². The van der Waals surface area contributed by atoms with E-state index in [-0.39, 0.29) is 5.56 Å². The number of rotatable bonds is 2. The predicted molar refractivity (Wildman–Crippen MR) is 48.3 cm³/mol. The highest BCUT2D eigenvalue weighted by atomic mass is 16.4. The van der Waals surface area contributed by atoms with E-state index in [1.54, 1.807) is 22.8 Å². The van der Waals surface area contributed by atoms with Gasteiger partial charge in [-0.1, -0.05) is 6.07 Å². The van der Waals surface area contributed by atoms with E-state index < -0.39 is 5.97 Å². The Labute approximate surface area is 79.6 Å². The molecule has 0 spiro atoms. The van der Waals surface area contributed by atoms with Crippen LogP contribution in [-0.2, 0) is 0 Å². The molecule has 1 heterocycles. The van der Waals surface area contributed by atoms with E-state index in [1.165, 1.54) is 18.7 Å². The average Bonchev–Trinajstić information content (AvgIpc) is 2.71. The minimum atomic E-state index is -0.945. The van der Waals surface area contributed by atoms with Gasteiger partial charge in [0.05, 0.1) is 5.56 Å². The first-order valence-electron chi connectivity index (χ1n) is 3.96. The number of hydrogen-bond acceptors (Lipinski definition) is 3. The summed E-state index contributed by atoms with van der Waals surface area (Å²) in [5, 5.41) is 16.0. The predicted octanol–water partition coefficient (Wildman–Crippen LogP) is 0.965. The van der Waals surface area contributed by atoms with Crippen molar-refractivity contribution >= 4 is 5.97 Å². The van der Waals surface area contributed by atoms with E-state index in [1.807, 2.05) is 0 Å². The molecule has 0 unspecified atom stereocenters. The fourth-order valence-electron chi connectivity index (χ4n) is 1.13. The molecule has 1 aromatic carbocycles. The van der Waals surface area contributed by atoms with Crippen LogP contribution >= 0.6 is 0 Å². The average molecular weight is 189 g/mol. The summed E-state index contributed by atoms with van der Waals surface area (Å²) in [5.41, 5.74) is 0.978. The van der Waals surface area contributed by atoms with Crippen LogP contribution in [0.25, 0.3) is 5.69 Å². The van der Waals surface area contributed by atoms with E-state index in [2.05, 4.69) is 10.2 Å². The Balaban J connectivity index is 2.46. The Morgan fingerprint density at radius 1 is 1.29 bits per heavy atom. The van der Waals surface area contributed by atoms with Crippen LogP contribution in [0.5, 0.6) is 0 Å². The number of nitrogens with zero attached hydrogens (tertiary/aromatic N) is 3. The van der Waals surface area contributed by atoms with Crippen LogP contribution in [0.4, 0.5) is 0 Å². The van der Waals surface area contributed by atoms with Crippen molar-refractivity contribution < 1.29 is 9.90 Å². The first-order valence-corrected chi connectivity index (χ1v) is 3.96. The summed E-state index contributed by atoms with van der Waals surface area (Å²) in [7, 11) is 0. The summed E-state index contributed by atoms with van der Waals surface area (Å²) in [6, 6.07) is 6.57. The maximum atomic E-state index is 10.7. The molecule has 5 nitrogen and oxygen atoms in total. The van der Waals surface area contributed by atoms with Crippen LogP contribution in [0.3, 0.4) is 0 Å². The van der Waals surface area contributed by atoms with Crippen LogP contribution in [-0.4, -0.2) is 25.8 Å². The molecule has 0 fully saturated rings. The van der Waals surface area contributed by atoms with E-state index in [9.17, 15) is 4.79 Å². The van der Waals surface area contributed by atoms with Crippen LogP contribution < -0.4 is 0 Å². The largest absolute Gasteiger partial charge is 0.478 e. The molecule has 0 saturated carbocycles. The number of carbonyl (C=O) groups is 1. The maximum Gasteiger partial charge on any atom is 0.335 e. The van der Waals surface area contributed by atoms with Crippen LogP contribution in [0.2, 0.25) is 0 Å². The standard InChI is InChI=1S/C9H7N3O2/c13-9(14)7-2-1-3-8(4-7)12-5-10-11-6-12/h1-6H,(H,13,14). The molecule has 0 aliphatic heterocycles. The van der Waals surface area contributed by atoms with Gasteiger partial charge in [0.2, 0.25) is 0 Å². The zero-order valence-electron chi connectivity index (χ0n) is 7.16. The van der Waals surface area contributed by atoms with Crippen molar-refractivity contribution in [2.45, 2.75) is 0 Å². The lowest BCUT2D eigenvalue weighted by atomic mass is 10.2. The molecule has 0 atom stereocenters. The van der Waals surface area contributed by atoms with Gasteiger partial charge < -0.3 is 5.11 Å². The minimum Gasteiger partial charge on any atom is -0.478 e. The van der Waals surface area contributed by atoms with Gasteiger partial charge in [-0.15, -0.1) is 10.2 Å². The Morgan fingerprint density at radius 2 is 2.00 bits per heavy atom. The van der Waals surface area contributed by atoms with Gasteiger partial charge in [-0.3, -0.25) is 4.57 Å². The molecule has 0 aliphatic carbocycles. The van der Waals surface area contributed by atoms with Gasteiger partial charge in [0.1, 0.15) is 12.7 Å². The van der Waals surface area contributed by atoms with Crippen molar-refractivity contribution in [1.29, 1.82) is 0 Å². The molecule has 14 heavy (non-hydrogen) atoms. The second kappa shape index (κ2) is 3.29. The summed E-state index contributed by atoms with van der Waals surface area (Å²) in [5.74, 6) is -0.945. The Bertz CT molecular complexity index is 451. The Morgan fingerprint density at radius 3 is 2.64 bits per heavy atom. The third-order valence-corrected chi connectivity index (χ3v) is 1.81. The molecule has 0 bridgehead atoms. The number of aromatic carboxylic acids is 1. The number of aromatic nitrogens is 3. The molecule has 0 amide bonds. The molecular weight excluding hydrogens is 182 g/mol. The molecule has 70 valence electrons. The summed E-state index contributed by atoms with van der Waals surface area (Å²) >= 11 is 0. The van der Waals surface area contributed by atoms with Gasteiger partial charge in [-0.2, -0.15) is 0 Å². The fraction of sp³-hybridized carbons (Fsp3) is 0. The highest BCUT2D eigenvalue weighted by Crippen LogP contribution is 2.09. The van der Waals surface area contributed by atoms with E-state index in [0.29, 0.717) is 0 Å². The smallest absolute Gasteiger partial charge is 0.335 e. The summed E-state index contributed by atoms with van der Waals surface area (Å²) in [6.45, 7) is 0.